The van der Waals surface area contributed by atoms with E-state index in [1.165, 1.54) is 0 Å². The van der Waals surface area contributed by atoms with E-state index in [0.29, 0.717) is 18.6 Å². The van der Waals surface area contributed by atoms with Crippen LogP contribution in [0.4, 0.5) is 0 Å². The number of furan rings is 1. The number of hydrogen-bond donors (Lipinski definition) is 1. The summed E-state index contributed by atoms with van der Waals surface area (Å²) in [6.07, 6.45) is 2.27. The second-order valence-electron chi connectivity index (χ2n) is 14.2. The molecule has 1 aromatic heterocycles. The van der Waals surface area contributed by atoms with Gasteiger partial charge in [0.25, 0.3) is 0 Å². The third-order valence-electron chi connectivity index (χ3n) is 11.8. The van der Waals surface area contributed by atoms with Crippen LogP contribution < -0.4 is 0 Å². The van der Waals surface area contributed by atoms with Gasteiger partial charge in [0.1, 0.15) is 29.0 Å². The van der Waals surface area contributed by atoms with Crippen molar-refractivity contribution in [2.45, 2.75) is 96.4 Å². The molecule has 9 heteroatoms. The van der Waals surface area contributed by atoms with Gasteiger partial charge in [-0.15, -0.1) is 0 Å². The Morgan fingerprint density at radius 2 is 1.93 bits per heavy atom. The van der Waals surface area contributed by atoms with Crippen LogP contribution in [0.25, 0.3) is 0 Å². The minimum atomic E-state index is -1.40. The molecule has 5 fully saturated rings. The summed E-state index contributed by atoms with van der Waals surface area (Å²) in [5, 5.41) is 12.5. The molecule has 9 nitrogen and oxygen atoms in total. The fourth-order valence-electron chi connectivity index (χ4n) is 10.3. The lowest BCUT2D eigenvalue weighted by Gasteiger charge is -2.69. The first-order valence-corrected chi connectivity index (χ1v) is 14.4. The highest BCUT2D eigenvalue weighted by Crippen LogP contribution is 2.82. The van der Waals surface area contributed by atoms with Crippen molar-refractivity contribution in [3.05, 3.63) is 36.3 Å². The summed E-state index contributed by atoms with van der Waals surface area (Å²) in [6, 6.07) is 3.55. The van der Waals surface area contributed by atoms with E-state index in [1.54, 1.807) is 24.5 Å². The number of epoxide rings is 1. The molecule has 1 spiro atoms. The molecule has 4 heterocycles. The van der Waals surface area contributed by atoms with Gasteiger partial charge in [0.15, 0.2) is 18.0 Å². The number of rotatable bonds is 4. The van der Waals surface area contributed by atoms with Gasteiger partial charge in [-0.2, -0.15) is 0 Å². The molecule has 0 amide bonds. The molecule has 0 bridgehead atoms. The zero-order valence-corrected chi connectivity index (χ0v) is 23.9. The molecule has 3 saturated heterocycles. The van der Waals surface area contributed by atoms with Gasteiger partial charge in [-0.3, -0.25) is 9.59 Å². The molecule has 6 aliphatic rings. The number of aliphatic hydroxyl groups excluding tert-OH is 1. The van der Waals surface area contributed by atoms with Gasteiger partial charge in [0.05, 0.1) is 18.5 Å². The number of aliphatic hydroxyl groups is 1. The van der Waals surface area contributed by atoms with Gasteiger partial charge in [0, 0.05) is 22.7 Å². The van der Waals surface area contributed by atoms with Gasteiger partial charge < -0.3 is 28.5 Å². The SMILES string of the molecule is CC(C)CC(=O)O[C@@H]1[C@H](O)[C@]23C(=O)C=C[C@]2(COC3(C)C)[C@H]2CC[C@@]3(C)[C@H](c4ccco4)OC(=O)[C@H]4O[C@]43[C@]12C. The summed E-state index contributed by atoms with van der Waals surface area (Å²) in [4.78, 5) is 40.8. The van der Waals surface area contributed by atoms with Gasteiger partial charge in [-0.05, 0) is 56.7 Å². The molecular formula is C31H38O9. The second kappa shape index (κ2) is 7.66. The minimum absolute atomic E-state index is 0.0304. The van der Waals surface area contributed by atoms with Crippen molar-refractivity contribution in [1.82, 2.24) is 0 Å². The van der Waals surface area contributed by atoms with Crippen molar-refractivity contribution in [2.75, 3.05) is 6.61 Å². The van der Waals surface area contributed by atoms with Crippen molar-refractivity contribution in [2.24, 2.45) is 33.5 Å². The summed E-state index contributed by atoms with van der Waals surface area (Å²) < 4.78 is 30.9. The molecule has 10 atom stereocenters. The normalized spacial score (nSPS) is 49.5. The van der Waals surface area contributed by atoms with Crippen LogP contribution in [0, 0.1) is 33.5 Å². The van der Waals surface area contributed by atoms with Crippen LogP contribution in [-0.2, 0) is 33.3 Å². The van der Waals surface area contributed by atoms with Crippen LogP contribution >= 0.6 is 0 Å². The maximum Gasteiger partial charge on any atom is 0.339 e. The first-order chi connectivity index (χ1) is 18.7. The molecule has 40 heavy (non-hydrogen) atoms. The van der Waals surface area contributed by atoms with Crippen molar-refractivity contribution in [3.8, 4) is 0 Å². The third kappa shape index (κ3) is 2.56. The van der Waals surface area contributed by atoms with Crippen molar-refractivity contribution in [1.29, 1.82) is 0 Å². The van der Waals surface area contributed by atoms with Crippen molar-refractivity contribution < 1.29 is 42.9 Å². The fraction of sp³-hybridized carbons (Fsp3) is 0.710. The number of ketones is 1. The monoisotopic (exact) mass is 554 g/mol. The number of carbonyl (C=O) groups is 3. The molecule has 216 valence electrons. The number of allylic oxidation sites excluding steroid dienone is 1. The van der Waals surface area contributed by atoms with Crippen LogP contribution in [-0.4, -0.2) is 58.9 Å². The Balaban J connectivity index is 1.46. The van der Waals surface area contributed by atoms with Gasteiger partial charge in [-0.1, -0.05) is 33.8 Å². The largest absolute Gasteiger partial charge is 0.465 e. The number of cyclic esters (lactones) is 1. The Morgan fingerprint density at radius 3 is 2.60 bits per heavy atom. The first-order valence-electron chi connectivity index (χ1n) is 14.4. The summed E-state index contributed by atoms with van der Waals surface area (Å²) in [7, 11) is 0. The Kier molecular flexibility index (Phi) is 5.06. The maximum absolute atomic E-state index is 13.9. The molecule has 2 saturated carbocycles. The van der Waals surface area contributed by atoms with E-state index in [0.717, 1.165) is 0 Å². The lowest BCUT2D eigenvalue weighted by molar-refractivity contribution is -0.288. The quantitative estimate of drug-likeness (QED) is 0.438. The van der Waals surface area contributed by atoms with Crippen molar-refractivity contribution in [3.63, 3.8) is 0 Å². The van der Waals surface area contributed by atoms with E-state index in [9.17, 15) is 19.5 Å². The van der Waals surface area contributed by atoms with E-state index < -0.39 is 69.2 Å². The third-order valence-corrected chi connectivity index (χ3v) is 11.8. The molecule has 0 unspecified atom stereocenters. The number of carbonyl (C=O) groups excluding carboxylic acids is 3. The Bertz CT molecular complexity index is 1330. The van der Waals surface area contributed by atoms with E-state index >= 15 is 0 Å². The minimum Gasteiger partial charge on any atom is -0.465 e. The molecule has 3 aliphatic heterocycles. The summed E-state index contributed by atoms with van der Waals surface area (Å²) in [5.41, 5.74) is -6.19. The van der Waals surface area contributed by atoms with Crippen LogP contribution in [0.2, 0.25) is 0 Å². The lowest BCUT2D eigenvalue weighted by Crippen LogP contribution is -2.79. The standard InChI is InChI=1S/C31H38O9/c1-16(2)14-20(33)38-23-21(34)30-19(32)10-12-29(30,15-37-26(30,3)4)18-9-11-27(5)22(17-8-7-13-36-17)39-25(35)24-31(27,40-24)28(18,23)6/h7-8,10,12-13,16,18,21-24,34H,9,11,14-15H2,1-6H3/t18-,21-,22-,23+,24+,27-,28-,29-,30-,31+/m0/s1. The van der Waals surface area contributed by atoms with E-state index in [-0.39, 0.29) is 30.6 Å². The maximum atomic E-state index is 13.9. The number of ether oxygens (including phenoxy) is 4. The first kappa shape index (κ1) is 26.4. The van der Waals surface area contributed by atoms with Crippen LogP contribution in [0.3, 0.4) is 0 Å². The lowest BCUT2D eigenvalue weighted by atomic mass is 9.34. The van der Waals surface area contributed by atoms with Gasteiger partial charge in [-0.25, -0.2) is 4.79 Å². The predicted octanol–water partition coefficient (Wildman–Crippen LogP) is 3.69. The molecule has 0 aromatic carbocycles. The average Bonchev–Trinajstić information content (AvgIpc) is 3.17. The second-order valence-corrected chi connectivity index (χ2v) is 14.2. The molecule has 1 N–H and O–H groups in total. The van der Waals surface area contributed by atoms with Crippen LogP contribution in [0.1, 0.15) is 72.7 Å². The van der Waals surface area contributed by atoms with Gasteiger partial charge >= 0.3 is 11.9 Å². The average molecular weight is 555 g/mol. The fourth-order valence-corrected chi connectivity index (χ4v) is 10.3. The highest BCUT2D eigenvalue weighted by atomic mass is 16.7. The number of hydrogen-bond acceptors (Lipinski definition) is 9. The summed E-state index contributed by atoms with van der Waals surface area (Å²) >= 11 is 0. The highest BCUT2D eigenvalue weighted by molar-refractivity contribution is 6.01. The van der Waals surface area contributed by atoms with Crippen molar-refractivity contribution >= 4 is 17.7 Å². The van der Waals surface area contributed by atoms with Crippen LogP contribution in [0.5, 0.6) is 0 Å². The predicted molar refractivity (Wildman–Crippen MR) is 138 cm³/mol. The highest BCUT2D eigenvalue weighted by Gasteiger charge is 2.93. The zero-order chi connectivity index (χ0) is 28.7. The summed E-state index contributed by atoms with van der Waals surface area (Å²) in [5.74, 6) is -0.929. The Morgan fingerprint density at radius 1 is 1.18 bits per heavy atom. The molecule has 0 radical (unpaired) electrons. The van der Waals surface area contributed by atoms with Gasteiger partial charge in [0.2, 0.25) is 0 Å². The topological polar surface area (TPSA) is 125 Å². The van der Waals surface area contributed by atoms with E-state index in [2.05, 4.69) is 0 Å². The number of esters is 2. The number of fused-ring (bicyclic) bond motifs is 1. The molecular weight excluding hydrogens is 516 g/mol. The molecule has 3 aliphatic carbocycles. The smallest absolute Gasteiger partial charge is 0.339 e. The zero-order valence-electron chi connectivity index (χ0n) is 23.9. The molecule has 7 rings (SSSR count). The van der Waals surface area contributed by atoms with E-state index in [4.69, 9.17) is 23.4 Å². The summed E-state index contributed by atoms with van der Waals surface area (Å²) in [6.45, 7) is 11.8. The Labute approximate surface area is 233 Å². The Hall–Kier alpha value is -2.49. The molecule has 1 aromatic rings. The van der Waals surface area contributed by atoms with Crippen LogP contribution in [0.15, 0.2) is 35.0 Å². The van der Waals surface area contributed by atoms with E-state index in [1.807, 2.05) is 47.6 Å².